The standard InChI is InChI=1S/C7H16O.4C6H14O.4C5H12O.2C4H10O.C3H8O/c1-5-8-7(4)6(2)3;1-5-7-6(2,3)4;1-4-5-6(2)7-3;1-4-6(3)7-5-2;1-3-5-6-7-4-2;1-4-5(2)6-3;2*1-4-6-5(2)3;1-3-5-6-4-2;1-4(2)5-3;1-3-5-4-2;1-3-4-2/h6-7H,5H2,1-4H3;5H2,1-4H3;2*6H,4-5H2,1-3H3;3-6H2,1-2H3;3*5H,4H2,1-3H3;3-5H2,1-2H3;4H,1-3H3;3-4H2,1-2H3;3H2,1-2H3. The predicted octanol–water partition coefficient (Wildman–Crippen LogP) is 17.8. The summed E-state index contributed by atoms with van der Waals surface area (Å²) in [6.07, 6.45) is 11.1. The summed E-state index contributed by atoms with van der Waals surface area (Å²) in [5.74, 6) is 0.648. The van der Waals surface area contributed by atoms with Crippen molar-refractivity contribution in [2.24, 2.45) is 5.92 Å². The Morgan fingerprint density at radius 3 is 0.797 bits per heavy atom. The molecule has 0 saturated carbocycles. The van der Waals surface area contributed by atoms with Crippen LogP contribution in [0.4, 0.5) is 0 Å². The fraction of sp³-hybridized carbons (Fsp3) is 1.00. The van der Waals surface area contributed by atoms with Crippen molar-refractivity contribution in [3.63, 3.8) is 0 Å². The van der Waals surface area contributed by atoms with Gasteiger partial charge in [0.15, 0.2) is 0 Å². The van der Waals surface area contributed by atoms with E-state index in [4.69, 9.17) is 52.1 Å². The first-order chi connectivity index (χ1) is 34.6. The van der Waals surface area contributed by atoms with Gasteiger partial charge < -0.3 is 56.8 Å². The quantitative estimate of drug-likeness (QED) is 0.0730. The number of unbranched alkanes of at least 4 members (excludes halogenated alkanes) is 1. The van der Waals surface area contributed by atoms with Crippen molar-refractivity contribution < 1.29 is 56.8 Å². The van der Waals surface area contributed by atoms with Crippen LogP contribution in [0.3, 0.4) is 0 Å². The molecule has 12 nitrogen and oxygen atoms in total. The van der Waals surface area contributed by atoms with Crippen LogP contribution in [-0.2, 0) is 56.8 Å². The Labute approximate surface area is 469 Å². The number of methoxy groups -OCH3 is 4. The van der Waals surface area contributed by atoms with Crippen LogP contribution in [0, 0.1) is 5.92 Å². The molecule has 0 radical (unpaired) electrons. The summed E-state index contributed by atoms with van der Waals surface area (Å²) in [4.78, 5) is 0. The summed E-state index contributed by atoms with van der Waals surface area (Å²) in [6.45, 7) is 71.9. The summed E-state index contributed by atoms with van der Waals surface area (Å²) < 4.78 is 59.9. The average molecular weight is 1090 g/mol. The molecule has 12 heteroatoms. The van der Waals surface area contributed by atoms with E-state index >= 15 is 0 Å². The fourth-order valence-corrected chi connectivity index (χ4v) is 3.53. The Hall–Kier alpha value is -0.480. The van der Waals surface area contributed by atoms with E-state index in [1.165, 1.54) is 25.7 Å². The smallest absolute Gasteiger partial charge is 0.0598 e. The normalized spacial score (nSPS) is 11.4. The van der Waals surface area contributed by atoms with Gasteiger partial charge in [0.1, 0.15) is 0 Å². The van der Waals surface area contributed by atoms with E-state index in [1.807, 2.05) is 111 Å². The molecule has 468 valence electrons. The molecule has 0 spiro atoms. The van der Waals surface area contributed by atoms with Crippen molar-refractivity contribution in [3.05, 3.63) is 0 Å². The van der Waals surface area contributed by atoms with Crippen molar-refractivity contribution in [3.8, 4) is 0 Å². The minimum Gasteiger partial charge on any atom is -0.385 e. The van der Waals surface area contributed by atoms with Gasteiger partial charge in [0.05, 0.1) is 48.3 Å². The van der Waals surface area contributed by atoms with Crippen molar-refractivity contribution in [2.75, 3.05) is 108 Å². The molecule has 0 aliphatic heterocycles. The second kappa shape index (κ2) is 101. The molecule has 0 rings (SSSR count). The molecule has 0 amide bonds. The molecule has 0 aliphatic carbocycles. The molecule has 0 heterocycles. The van der Waals surface area contributed by atoms with Gasteiger partial charge in [0.25, 0.3) is 0 Å². The summed E-state index contributed by atoms with van der Waals surface area (Å²) in [6, 6.07) is 0. The van der Waals surface area contributed by atoms with Crippen molar-refractivity contribution in [2.45, 2.75) is 301 Å². The zero-order valence-electron chi connectivity index (χ0n) is 57.5. The van der Waals surface area contributed by atoms with E-state index in [0.717, 1.165) is 98.5 Å². The Bertz CT molecular complexity index is 715. The van der Waals surface area contributed by atoms with Crippen LogP contribution in [0.2, 0.25) is 0 Å². The molecule has 0 bridgehead atoms. The third kappa shape index (κ3) is 197. The van der Waals surface area contributed by atoms with Gasteiger partial charge in [-0.15, -0.1) is 0 Å². The van der Waals surface area contributed by atoms with E-state index in [0.29, 0.717) is 48.6 Å². The first kappa shape index (κ1) is 102. The Balaban J connectivity index is -0.0000000569. The minimum atomic E-state index is 0.0503. The molecule has 74 heavy (non-hydrogen) atoms. The van der Waals surface area contributed by atoms with E-state index in [9.17, 15) is 0 Å². The van der Waals surface area contributed by atoms with Gasteiger partial charge in [-0.1, -0.05) is 61.3 Å². The van der Waals surface area contributed by atoms with Crippen LogP contribution in [0.1, 0.15) is 253 Å². The molecule has 0 aliphatic rings. The first-order valence-corrected chi connectivity index (χ1v) is 29.5. The maximum atomic E-state index is 5.30. The number of hydrogen-bond donors (Lipinski definition) is 0. The van der Waals surface area contributed by atoms with Gasteiger partial charge >= 0.3 is 0 Å². The van der Waals surface area contributed by atoms with Gasteiger partial charge in [-0.25, -0.2) is 0 Å². The highest BCUT2D eigenvalue weighted by atomic mass is 16.5. The van der Waals surface area contributed by atoms with Crippen molar-refractivity contribution in [1.29, 1.82) is 0 Å². The summed E-state index contributed by atoms with van der Waals surface area (Å²) in [5.41, 5.74) is 0.0503. The molecule has 0 aromatic rings. The van der Waals surface area contributed by atoms with Crippen LogP contribution in [0.25, 0.3) is 0 Å². The molecule has 0 N–H and O–H groups in total. The number of rotatable bonds is 27. The van der Waals surface area contributed by atoms with E-state index < -0.39 is 0 Å². The molecule has 0 fully saturated rings. The van der Waals surface area contributed by atoms with Gasteiger partial charge in [-0.2, -0.15) is 0 Å². The van der Waals surface area contributed by atoms with Crippen LogP contribution in [0.5, 0.6) is 0 Å². The third-order valence-corrected chi connectivity index (χ3v) is 8.61. The highest BCUT2D eigenvalue weighted by Gasteiger charge is 2.06. The minimum absolute atomic E-state index is 0.0503. The summed E-state index contributed by atoms with van der Waals surface area (Å²) in [5, 5.41) is 0. The van der Waals surface area contributed by atoms with Crippen LogP contribution in [0.15, 0.2) is 0 Å². The highest BCUT2D eigenvalue weighted by Crippen LogP contribution is 2.05. The molecule has 4 unspecified atom stereocenters. The zero-order chi connectivity index (χ0) is 61.0. The SMILES string of the molecule is CCC(C)OC.CCCC(C)OC.CCCCOCC.CCCOCC.CCOC.CCOC(C)(C)C.CCOC(C)C.CCOC(C)C.CCOC(C)C(C)C.CCOC(C)CC.CCOCC.COC(C)C. The molecule has 0 aromatic carbocycles. The van der Waals surface area contributed by atoms with Crippen LogP contribution in [-0.4, -0.2) is 156 Å². The van der Waals surface area contributed by atoms with Crippen LogP contribution >= 0.6 is 0 Å². The molecule has 4 atom stereocenters. The number of hydrogen-bond acceptors (Lipinski definition) is 12. The lowest BCUT2D eigenvalue weighted by Gasteiger charge is -2.17. The lowest BCUT2D eigenvalue weighted by Crippen LogP contribution is -2.18. The number of ether oxygens (including phenoxy) is 12. The fourth-order valence-electron chi connectivity index (χ4n) is 3.53. The van der Waals surface area contributed by atoms with E-state index in [1.54, 1.807) is 28.4 Å². The van der Waals surface area contributed by atoms with Gasteiger partial charge in [0, 0.05) is 108 Å². The molecular weight excluding hydrogens is 937 g/mol. The maximum Gasteiger partial charge on any atom is 0.0598 e. The lowest BCUT2D eigenvalue weighted by atomic mass is 10.1. The topological polar surface area (TPSA) is 111 Å². The second-order valence-corrected chi connectivity index (χ2v) is 18.3. The van der Waals surface area contributed by atoms with E-state index in [-0.39, 0.29) is 5.60 Å². The Kier molecular flexibility index (Phi) is 140. The monoisotopic (exact) mass is 1090 g/mol. The Morgan fingerprint density at radius 1 is 0.338 bits per heavy atom. The summed E-state index contributed by atoms with van der Waals surface area (Å²) in [7, 11) is 6.86. The van der Waals surface area contributed by atoms with Gasteiger partial charge in [-0.05, 0) is 197 Å². The molecule has 0 saturated heterocycles. The van der Waals surface area contributed by atoms with Crippen molar-refractivity contribution in [1.82, 2.24) is 0 Å². The summed E-state index contributed by atoms with van der Waals surface area (Å²) >= 11 is 0. The molecular formula is C62H148O12. The van der Waals surface area contributed by atoms with E-state index in [2.05, 4.69) is 102 Å². The zero-order valence-corrected chi connectivity index (χ0v) is 57.5. The largest absolute Gasteiger partial charge is 0.385 e. The van der Waals surface area contributed by atoms with Gasteiger partial charge in [0.2, 0.25) is 0 Å². The lowest BCUT2D eigenvalue weighted by molar-refractivity contribution is 0.00530. The first-order valence-electron chi connectivity index (χ1n) is 29.5. The molecule has 0 aromatic heterocycles. The highest BCUT2D eigenvalue weighted by molar-refractivity contribution is 4.56. The third-order valence-electron chi connectivity index (χ3n) is 8.61. The second-order valence-electron chi connectivity index (χ2n) is 18.3. The average Bonchev–Trinajstić information content (AvgIpc) is 3.35. The maximum absolute atomic E-state index is 5.30. The predicted molar refractivity (Wildman–Crippen MR) is 330 cm³/mol. The van der Waals surface area contributed by atoms with Crippen LogP contribution < -0.4 is 0 Å². The van der Waals surface area contributed by atoms with Gasteiger partial charge in [-0.3, -0.25) is 0 Å². The van der Waals surface area contributed by atoms with Crippen molar-refractivity contribution >= 4 is 0 Å². The Morgan fingerprint density at radius 2 is 0.703 bits per heavy atom.